The van der Waals surface area contributed by atoms with E-state index < -0.39 is 23.6 Å². The summed E-state index contributed by atoms with van der Waals surface area (Å²) in [4.78, 5) is 13.6. The van der Waals surface area contributed by atoms with Crippen molar-refractivity contribution in [2.24, 2.45) is 0 Å². The van der Waals surface area contributed by atoms with Crippen molar-refractivity contribution >= 4 is 22.0 Å². The van der Waals surface area contributed by atoms with E-state index in [9.17, 15) is 19.4 Å². The number of hydrogen-bond acceptors (Lipinski definition) is 2. The Morgan fingerprint density at radius 1 is 1.24 bits per heavy atom. The van der Waals surface area contributed by atoms with Crippen molar-refractivity contribution in [2.75, 3.05) is 0 Å². The maximum atomic E-state index is 13.3. The molecule has 0 aliphatic rings. The molecule has 1 amide bonds. The molecule has 0 spiro atoms. The highest BCUT2D eigenvalue weighted by Gasteiger charge is 2.36. The van der Waals surface area contributed by atoms with E-state index in [0.717, 1.165) is 10.0 Å². The van der Waals surface area contributed by atoms with E-state index >= 15 is 0 Å². The van der Waals surface area contributed by atoms with E-state index in [1.54, 1.807) is 13.0 Å². The summed E-state index contributed by atoms with van der Waals surface area (Å²) in [5.74, 6) is -0.392. The second-order valence-corrected chi connectivity index (χ2v) is 8.17. The molecule has 2 aromatic rings. The van der Waals surface area contributed by atoms with Gasteiger partial charge in [-0.05, 0) is 55.2 Å². The zero-order chi connectivity index (χ0) is 21.6. The van der Waals surface area contributed by atoms with Gasteiger partial charge in [0, 0.05) is 16.9 Å². The molecular formula is C23H27BrFNO3. The Labute approximate surface area is 179 Å². The van der Waals surface area contributed by atoms with Gasteiger partial charge in [-0.1, -0.05) is 53.2 Å². The Kier molecular flexibility index (Phi) is 7.99. The molecule has 2 unspecified atom stereocenters. The van der Waals surface area contributed by atoms with Crippen molar-refractivity contribution < 1.29 is 19.4 Å². The van der Waals surface area contributed by atoms with Crippen LogP contribution in [0.2, 0.25) is 0 Å². The van der Waals surface area contributed by atoms with Crippen LogP contribution in [0.1, 0.15) is 50.3 Å². The first-order valence-electron chi connectivity index (χ1n) is 9.58. The van der Waals surface area contributed by atoms with Crippen LogP contribution in [0.4, 0.5) is 9.18 Å². The topological polar surface area (TPSA) is 60.8 Å². The Hall–Kier alpha value is -2.18. The largest absolute Gasteiger partial charge is 0.465 e. The predicted molar refractivity (Wildman–Crippen MR) is 116 cm³/mol. The van der Waals surface area contributed by atoms with Crippen LogP contribution in [0.25, 0.3) is 0 Å². The molecule has 0 saturated heterocycles. The summed E-state index contributed by atoms with van der Waals surface area (Å²) in [7, 11) is 0. The SMILES string of the molecule is C=CCC(O)(CC(C)N(C(=O)O)[C@@H](CC)c1ccc(Br)cc1)c1ccc(F)cc1. The van der Waals surface area contributed by atoms with E-state index in [0.29, 0.717) is 12.0 Å². The number of nitrogens with zero attached hydrogens (tertiary/aromatic N) is 1. The first-order valence-corrected chi connectivity index (χ1v) is 10.4. The van der Waals surface area contributed by atoms with Gasteiger partial charge in [-0.15, -0.1) is 6.58 Å². The maximum Gasteiger partial charge on any atom is 0.408 e. The summed E-state index contributed by atoms with van der Waals surface area (Å²) >= 11 is 3.40. The van der Waals surface area contributed by atoms with Crippen LogP contribution in [0.3, 0.4) is 0 Å². The summed E-state index contributed by atoms with van der Waals surface area (Å²) in [5, 5.41) is 21.3. The van der Waals surface area contributed by atoms with Gasteiger partial charge in [0.05, 0.1) is 11.6 Å². The third kappa shape index (κ3) is 5.67. The van der Waals surface area contributed by atoms with E-state index in [1.807, 2.05) is 31.2 Å². The highest BCUT2D eigenvalue weighted by Crippen LogP contribution is 2.35. The maximum absolute atomic E-state index is 13.3. The van der Waals surface area contributed by atoms with E-state index in [-0.39, 0.29) is 18.9 Å². The van der Waals surface area contributed by atoms with Crippen LogP contribution >= 0.6 is 15.9 Å². The minimum atomic E-state index is -1.35. The fourth-order valence-electron chi connectivity index (χ4n) is 3.81. The third-order valence-corrected chi connectivity index (χ3v) is 5.70. The van der Waals surface area contributed by atoms with Crippen LogP contribution in [0, 0.1) is 5.82 Å². The van der Waals surface area contributed by atoms with Crippen molar-refractivity contribution in [3.05, 3.63) is 82.6 Å². The van der Waals surface area contributed by atoms with Gasteiger partial charge in [0.1, 0.15) is 5.82 Å². The normalized spacial score (nSPS) is 15.2. The molecule has 0 aliphatic carbocycles. The van der Waals surface area contributed by atoms with Gasteiger partial charge in [-0.3, -0.25) is 4.90 Å². The van der Waals surface area contributed by atoms with Crippen molar-refractivity contribution in [3.63, 3.8) is 0 Å². The summed E-state index contributed by atoms with van der Waals surface area (Å²) in [6, 6.07) is 12.4. The van der Waals surface area contributed by atoms with E-state index in [2.05, 4.69) is 22.5 Å². The zero-order valence-corrected chi connectivity index (χ0v) is 18.3. The molecule has 0 aliphatic heterocycles. The monoisotopic (exact) mass is 463 g/mol. The molecule has 0 bridgehead atoms. The summed E-state index contributed by atoms with van der Waals surface area (Å²) in [6.07, 6.45) is 1.52. The molecule has 0 heterocycles. The Morgan fingerprint density at radius 2 is 1.83 bits per heavy atom. The van der Waals surface area contributed by atoms with Crippen molar-refractivity contribution in [1.82, 2.24) is 4.90 Å². The standard InChI is InChI=1S/C23H27BrFNO3/c1-4-14-23(29,18-8-12-20(25)13-9-18)15-16(3)26(22(27)28)21(5-2)17-6-10-19(24)11-7-17/h4,6-13,16,21,29H,1,5,14-15H2,2-3H3,(H,27,28)/t16?,21-,23?/m0/s1. The van der Waals surface area contributed by atoms with E-state index in [1.165, 1.54) is 29.2 Å². The number of hydrogen-bond donors (Lipinski definition) is 2. The van der Waals surface area contributed by atoms with Crippen LogP contribution in [0.15, 0.2) is 65.7 Å². The Bertz CT molecular complexity index is 825. The molecule has 0 aromatic heterocycles. The number of aliphatic hydroxyl groups is 1. The number of benzene rings is 2. The molecule has 6 heteroatoms. The number of carbonyl (C=O) groups is 1. The second-order valence-electron chi connectivity index (χ2n) is 7.25. The Balaban J connectivity index is 2.35. The quantitative estimate of drug-likeness (QED) is 0.431. The van der Waals surface area contributed by atoms with Gasteiger partial charge < -0.3 is 10.2 Å². The molecule has 4 nitrogen and oxygen atoms in total. The fourth-order valence-corrected chi connectivity index (χ4v) is 4.08. The summed E-state index contributed by atoms with van der Waals surface area (Å²) in [5.41, 5.74) is 0.0762. The van der Waals surface area contributed by atoms with Crippen LogP contribution in [0.5, 0.6) is 0 Å². The number of carboxylic acid groups (broad SMARTS) is 1. The van der Waals surface area contributed by atoms with Gasteiger partial charge in [0.2, 0.25) is 0 Å². The lowest BCUT2D eigenvalue weighted by Crippen LogP contribution is -2.44. The summed E-state index contributed by atoms with van der Waals surface area (Å²) in [6.45, 7) is 7.44. The molecule has 2 rings (SSSR count). The number of halogens is 2. The van der Waals surface area contributed by atoms with Crippen LogP contribution in [-0.2, 0) is 5.60 Å². The minimum Gasteiger partial charge on any atom is -0.465 e. The lowest BCUT2D eigenvalue weighted by molar-refractivity contribution is -0.00214. The third-order valence-electron chi connectivity index (χ3n) is 5.17. The highest BCUT2D eigenvalue weighted by molar-refractivity contribution is 9.10. The van der Waals surface area contributed by atoms with Gasteiger partial charge in [0.15, 0.2) is 0 Å². The van der Waals surface area contributed by atoms with E-state index in [4.69, 9.17) is 0 Å². The fraction of sp³-hybridized carbons (Fsp3) is 0.348. The predicted octanol–water partition coefficient (Wildman–Crippen LogP) is 6.26. The van der Waals surface area contributed by atoms with Crippen molar-refractivity contribution in [1.29, 1.82) is 0 Å². The minimum absolute atomic E-state index is 0.157. The van der Waals surface area contributed by atoms with Gasteiger partial charge in [-0.25, -0.2) is 9.18 Å². The molecule has 156 valence electrons. The van der Waals surface area contributed by atoms with Crippen LogP contribution in [-0.4, -0.2) is 27.2 Å². The van der Waals surface area contributed by atoms with Gasteiger partial charge in [0.25, 0.3) is 0 Å². The van der Waals surface area contributed by atoms with Crippen molar-refractivity contribution in [2.45, 2.75) is 50.8 Å². The number of rotatable bonds is 9. The Morgan fingerprint density at radius 3 is 2.31 bits per heavy atom. The first kappa shape index (κ1) is 23.1. The molecule has 29 heavy (non-hydrogen) atoms. The molecule has 2 aromatic carbocycles. The van der Waals surface area contributed by atoms with Crippen LogP contribution < -0.4 is 0 Å². The second kappa shape index (κ2) is 10.0. The van der Waals surface area contributed by atoms with Gasteiger partial charge in [-0.2, -0.15) is 0 Å². The highest BCUT2D eigenvalue weighted by atomic mass is 79.9. The molecule has 0 fully saturated rings. The smallest absolute Gasteiger partial charge is 0.408 e. The lowest BCUT2D eigenvalue weighted by Gasteiger charge is -2.39. The number of amides is 1. The molecule has 2 N–H and O–H groups in total. The lowest BCUT2D eigenvalue weighted by atomic mass is 9.84. The average molecular weight is 464 g/mol. The van der Waals surface area contributed by atoms with Gasteiger partial charge >= 0.3 is 6.09 Å². The molecular weight excluding hydrogens is 437 g/mol. The molecule has 0 radical (unpaired) electrons. The molecule has 0 saturated carbocycles. The summed E-state index contributed by atoms with van der Waals surface area (Å²) < 4.78 is 14.3. The first-order chi connectivity index (χ1) is 13.7. The van der Waals surface area contributed by atoms with Crippen molar-refractivity contribution in [3.8, 4) is 0 Å². The molecule has 3 atom stereocenters. The zero-order valence-electron chi connectivity index (χ0n) is 16.7. The average Bonchev–Trinajstić information content (AvgIpc) is 2.67.